The van der Waals surface area contributed by atoms with Crippen molar-refractivity contribution in [2.45, 2.75) is 39.8 Å². The summed E-state index contributed by atoms with van der Waals surface area (Å²) in [5.74, 6) is -1.34. The highest BCUT2D eigenvalue weighted by Gasteiger charge is 2.28. The molecule has 4 rings (SSSR count). The van der Waals surface area contributed by atoms with Crippen molar-refractivity contribution in [1.82, 2.24) is 9.47 Å². The van der Waals surface area contributed by atoms with Gasteiger partial charge in [0, 0.05) is 49.3 Å². The number of nitrogens with zero attached hydrogens (tertiary/aromatic N) is 3. The van der Waals surface area contributed by atoms with Crippen LogP contribution in [0.4, 0.5) is 14.9 Å². The lowest BCUT2D eigenvalue weighted by atomic mass is 10.1. The standard InChI is InChI=1S/C28H31ClFN3O5/c1-5-37-26(35)21-17-33(16-18-6-8-19(29)9-7-18)23-15-24(22(30)14-20(23)25(21)34)31-10-12-32(13-11-31)27(36)38-28(2,3)4/h6-9,14-15,17H,5,10-13,16H2,1-4H3. The number of piperazine rings is 1. The number of amides is 1. The molecule has 0 N–H and O–H groups in total. The van der Waals surface area contributed by atoms with Crippen molar-refractivity contribution in [3.05, 3.63) is 74.8 Å². The molecule has 0 atom stereocenters. The summed E-state index contributed by atoms with van der Waals surface area (Å²) < 4.78 is 27.7. The van der Waals surface area contributed by atoms with E-state index in [2.05, 4.69) is 0 Å². The molecule has 0 aliphatic carbocycles. The highest BCUT2D eigenvalue weighted by molar-refractivity contribution is 6.30. The quantitative estimate of drug-likeness (QED) is 0.418. The van der Waals surface area contributed by atoms with Crippen molar-refractivity contribution < 1.29 is 23.5 Å². The van der Waals surface area contributed by atoms with Crippen LogP contribution in [0.25, 0.3) is 10.9 Å². The van der Waals surface area contributed by atoms with Crippen LogP contribution < -0.4 is 10.3 Å². The maximum absolute atomic E-state index is 15.4. The van der Waals surface area contributed by atoms with Gasteiger partial charge in [0.25, 0.3) is 0 Å². The Bertz CT molecular complexity index is 1410. The normalized spacial score (nSPS) is 14.1. The van der Waals surface area contributed by atoms with Gasteiger partial charge in [0.2, 0.25) is 5.43 Å². The fourth-order valence-electron chi connectivity index (χ4n) is 4.37. The molecule has 1 aliphatic heterocycles. The second-order valence-corrected chi connectivity index (χ2v) is 10.6. The summed E-state index contributed by atoms with van der Waals surface area (Å²) in [6, 6.07) is 9.99. The topological polar surface area (TPSA) is 81.1 Å². The van der Waals surface area contributed by atoms with E-state index in [0.29, 0.717) is 49.0 Å². The van der Waals surface area contributed by atoms with E-state index in [1.54, 1.807) is 34.6 Å². The minimum Gasteiger partial charge on any atom is -0.462 e. The number of hydrogen-bond acceptors (Lipinski definition) is 6. The van der Waals surface area contributed by atoms with E-state index in [1.807, 2.05) is 37.8 Å². The number of hydrogen-bond donors (Lipinski definition) is 0. The van der Waals surface area contributed by atoms with Crippen molar-refractivity contribution in [2.75, 3.05) is 37.7 Å². The molecule has 1 aliphatic rings. The van der Waals surface area contributed by atoms with Gasteiger partial charge >= 0.3 is 12.1 Å². The number of aromatic nitrogens is 1. The summed E-state index contributed by atoms with van der Waals surface area (Å²) >= 11 is 6.03. The molecule has 8 nitrogen and oxygen atoms in total. The number of fused-ring (bicyclic) bond motifs is 1. The monoisotopic (exact) mass is 543 g/mol. The second-order valence-electron chi connectivity index (χ2n) is 10.1. The van der Waals surface area contributed by atoms with E-state index in [0.717, 1.165) is 5.56 Å². The van der Waals surface area contributed by atoms with Crippen LogP contribution in [-0.2, 0) is 16.0 Å². The molecule has 3 aromatic rings. The number of carbonyl (C=O) groups is 2. The molecule has 1 saturated heterocycles. The number of rotatable bonds is 5. The highest BCUT2D eigenvalue weighted by atomic mass is 35.5. The number of halogens is 2. The Kier molecular flexibility index (Phi) is 7.97. The zero-order valence-electron chi connectivity index (χ0n) is 21.9. The molecule has 1 fully saturated rings. The molecule has 0 radical (unpaired) electrons. The molecule has 1 amide bonds. The third-order valence-electron chi connectivity index (χ3n) is 6.18. The smallest absolute Gasteiger partial charge is 0.410 e. The fraction of sp³-hybridized carbons (Fsp3) is 0.393. The first kappa shape index (κ1) is 27.4. The molecule has 202 valence electrons. The number of esters is 1. The lowest BCUT2D eigenvalue weighted by molar-refractivity contribution is 0.0240. The first-order valence-electron chi connectivity index (χ1n) is 12.5. The van der Waals surface area contributed by atoms with E-state index in [-0.39, 0.29) is 17.6 Å². The first-order valence-corrected chi connectivity index (χ1v) is 12.9. The van der Waals surface area contributed by atoms with Gasteiger partial charge in [-0.05, 0) is 57.5 Å². The fourth-order valence-corrected chi connectivity index (χ4v) is 4.50. The van der Waals surface area contributed by atoms with Crippen LogP contribution >= 0.6 is 11.6 Å². The number of anilines is 1. The molecule has 38 heavy (non-hydrogen) atoms. The van der Waals surface area contributed by atoms with Crippen LogP contribution in [0.2, 0.25) is 5.02 Å². The number of ether oxygens (including phenoxy) is 2. The van der Waals surface area contributed by atoms with Crippen molar-refractivity contribution in [1.29, 1.82) is 0 Å². The highest BCUT2D eigenvalue weighted by Crippen LogP contribution is 2.27. The summed E-state index contributed by atoms with van der Waals surface area (Å²) in [4.78, 5) is 41.6. The molecule has 0 spiro atoms. The minimum atomic E-state index is -0.757. The molecular weight excluding hydrogens is 513 g/mol. The Morgan fingerprint density at radius 1 is 1.05 bits per heavy atom. The molecule has 2 heterocycles. The van der Waals surface area contributed by atoms with Gasteiger partial charge < -0.3 is 23.8 Å². The average molecular weight is 544 g/mol. The molecule has 2 aromatic carbocycles. The van der Waals surface area contributed by atoms with Gasteiger partial charge in [-0.1, -0.05) is 23.7 Å². The lowest BCUT2D eigenvalue weighted by Gasteiger charge is -2.37. The van der Waals surface area contributed by atoms with E-state index in [1.165, 1.54) is 12.3 Å². The SMILES string of the molecule is CCOC(=O)c1cn(Cc2ccc(Cl)cc2)c2cc(N3CCN(C(=O)OC(C)(C)C)CC3)c(F)cc2c1=O. The van der Waals surface area contributed by atoms with Crippen LogP contribution in [-0.4, -0.2) is 59.9 Å². The Labute approximate surface area is 225 Å². The second kappa shape index (κ2) is 11.0. The van der Waals surface area contributed by atoms with Crippen molar-refractivity contribution in [2.24, 2.45) is 0 Å². The molecule has 10 heteroatoms. The lowest BCUT2D eigenvalue weighted by Crippen LogP contribution is -2.50. The van der Waals surface area contributed by atoms with E-state index >= 15 is 4.39 Å². The predicted molar refractivity (Wildman–Crippen MR) is 145 cm³/mol. The summed E-state index contributed by atoms with van der Waals surface area (Å²) in [6.07, 6.45) is 1.05. The maximum Gasteiger partial charge on any atom is 0.410 e. The molecular formula is C28H31ClFN3O5. The van der Waals surface area contributed by atoms with E-state index in [9.17, 15) is 14.4 Å². The zero-order chi connectivity index (χ0) is 27.6. The Balaban J connectivity index is 1.71. The maximum atomic E-state index is 15.4. The molecule has 1 aromatic heterocycles. The van der Waals surface area contributed by atoms with Gasteiger partial charge in [0.15, 0.2) is 0 Å². The number of benzene rings is 2. The Morgan fingerprint density at radius 3 is 2.32 bits per heavy atom. The largest absolute Gasteiger partial charge is 0.462 e. The predicted octanol–water partition coefficient (Wildman–Crippen LogP) is 5.08. The van der Waals surface area contributed by atoms with Gasteiger partial charge in [-0.3, -0.25) is 4.79 Å². The van der Waals surface area contributed by atoms with E-state index in [4.69, 9.17) is 21.1 Å². The van der Waals surface area contributed by atoms with Crippen LogP contribution in [0, 0.1) is 5.82 Å². The average Bonchev–Trinajstić information content (AvgIpc) is 2.86. The van der Waals surface area contributed by atoms with Gasteiger partial charge in [0.05, 0.1) is 17.8 Å². The summed E-state index contributed by atoms with van der Waals surface area (Å²) in [5.41, 5.74) is 0.316. The molecule has 0 bridgehead atoms. The Morgan fingerprint density at radius 2 is 1.71 bits per heavy atom. The Hall–Kier alpha value is -3.59. The van der Waals surface area contributed by atoms with Crippen molar-refractivity contribution >= 4 is 40.3 Å². The zero-order valence-corrected chi connectivity index (χ0v) is 22.7. The summed E-state index contributed by atoms with van der Waals surface area (Å²) in [6.45, 7) is 9.02. The molecule has 0 saturated carbocycles. The van der Waals surface area contributed by atoms with Crippen LogP contribution in [0.5, 0.6) is 0 Å². The third-order valence-corrected chi connectivity index (χ3v) is 6.43. The van der Waals surface area contributed by atoms with E-state index < -0.39 is 28.9 Å². The summed E-state index contributed by atoms with van der Waals surface area (Å²) in [7, 11) is 0. The summed E-state index contributed by atoms with van der Waals surface area (Å²) in [5, 5.41) is 0.666. The third kappa shape index (κ3) is 6.10. The van der Waals surface area contributed by atoms with Gasteiger partial charge in [-0.25, -0.2) is 14.0 Å². The van der Waals surface area contributed by atoms with Gasteiger partial charge in [-0.15, -0.1) is 0 Å². The van der Waals surface area contributed by atoms with Crippen molar-refractivity contribution in [3.63, 3.8) is 0 Å². The number of pyridine rings is 1. The van der Waals surface area contributed by atoms with Crippen LogP contribution in [0.15, 0.2) is 47.4 Å². The van der Waals surface area contributed by atoms with Crippen LogP contribution in [0.3, 0.4) is 0 Å². The minimum absolute atomic E-state index is 0.0816. The van der Waals surface area contributed by atoms with Crippen LogP contribution in [0.1, 0.15) is 43.6 Å². The van der Waals surface area contributed by atoms with Crippen molar-refractivity contribution in [3.8, 4) is 0 Å². The molecule has 0 unspecified atom stereocenters. The van der Waals surface area contributed by atoms with Gasteiger partial charge in [-0.2, -0.15) is 0 Å². The number of carbonyl (C=O) groups excluding carboxylic acids is 2. The first-order chi connectivity index (χ1) is 18.0. The van der Waals surface area contributed by atoms with Gasteiger partial charge in [0.1, 0.15) is 17.0 Å².